The number of benzene rings is 1. The van der Waals surface area contributed by atoms with Crippen LogP contribution in [0.15, 0.2) is 17.0 Å². The lowest BCUT2D eigenvalue weighted by molar-refractivity contribution is -0.129. The van der Waals surface area contributed by atoms with Gasteiger partial charge in [-0.25, -0.2) is 0 Å². The highest BCUT2D eigenvalue weighted by atomic mass is 35.5. The van der Waals surface area contributed by atoms with Gasteiger partial charge in [0.15, 0.2) is 11.5 Å². The smallest absolute Gasteiger partial charge is 0.294 e. The van der Waals surface area contributed by atoms with Crippen LogP contribution in [0.1, 0.15) is 12.0 Å². The van der Waals surface area contributed by atoms with Crippen molar-refractivity contribution in [3.63, 3.8) is 0 Å². The number of methoxy groups -OCH3 is 3. The van der Waals surface area contributed by atoms with Gasteiger partial charge in [0.25, 0.3) is 11.1 Å². The Hall–Kier alpha value is -2.23. The predicted molar refractivity (Wildman–Crippen MR) is 107 cm³/mol. The van der Waals surface area contributed by atoms with Crippen LogP contribution in [0.25, 0.3) is 6.08 Å². The van der Waals surface area contributed by atoms with Gasteiger partial charge in [-0.05, 0) is 35.9 Å². The fourth-order valence-electron chi connectivity index (χ4n) is 2.40. The standard InChI is InChI=1S/C18H21ClN2O6S/c1-25-6-4-5-20-16(22)10-21-17(23)15(28-18(21)24)8-11-7-13(26-2)14(27-3)9-12(11)19/h7-9H,4-6,10H2,1-3H3,(H,20,22)/b15-8-. The number of amides is 3. The second-order valence-electron chi connectivity index (χ2n) is 5.69. The number of rotatable bonds is 9. The largest absolute Gasteiger partial charge is 0.493 e. The lowest BCUT2D eigenvalue weighted by atomic mass is 10.1. The number of ether oxygens (including phenoxy) is 3. The number of nitrogens with zero attached hydrogens (tertiary/aromatic N) is 1. The third-order valence-corrected chi connectivity index (χ3v) is 5.05. The lowest BCUT2D eigenvalue weighted by Gasteiger charge is -2.12. The van der Waals surface area contributed by atoms with Gasteiger partial charge in [-0.3, -0.25) is 19.3 Å². The summed E-state index contributed by atoms with van der Waals surface area (Å²) in [6.45, 7) is 0.575. The second-order valence-corrected chi connectivity index (χ2v) is 7.09. The van der Waals surface area contributed by atoms with Gasteiger partial charge in [-0.1, -0.05) is 11.6 Å². The number of imide groups is 1. The Bertz CT molecular complexity index is 799. The molecule has 1 aromatic rings. The number of halogens is 1. The monoisotopic (exact) mass is 428 g/mol. The highest BCUT2D eigenvalue weighted by Gasteiger charge is 2.36. The number of carbonyl (C=O) groups is 3. The quantitative estimate of drug-likeness (QED) is 0.477. The van der Waals surface area contributed by atoms with Crippen LogP contribution in [0.2, 0.25) is 5.02 Å². The molecule has 0 aromatic heterocycles. The van der Waals surface area contributed by atoms with Crippen molar-refractivity contribution < 1.29 is 28.6 Å². The van der Waals surface area contributed by atoms with E-state index < -0.39 is 17.1 Å². The van der Waals surface area contributed by atoms with Crippen LogP contribution in [0.5, 0.6) is 11.5 Å². The summed E-state index contributed by atoms with van der Waals surface area (Å²) >= 11 is 6.98. The van der Waals surface area contributed by atoms with Crippen LogP contribution in [0.3, 0.4) is 0 Å². The molecule has 0 aliphatic carbocycles. The van der Waals surface area contributed by atoms with E-state index in [9.17, 15) is 14.4 Å². The highest BCUT2D eigenvalue weighted by molar-refractivity contribution is 8.18. The Morgan fingerprint density at radius 3 is 2.54 bits per heavy atom. The fourth-order valence-corrected chi connectivity index (χ4v) is 3.44. The van der Waals surface area contributed by atoms with Gasteiger partial charge >= 0.3 is 0 Å². The molecule has 1 fully saturated rings. The summed E-state index contributed by atoms with van der Waals surface area (Å²) in [7, 11) is 4.54. The van der Waals surface area contributed by atoms with Gasteiger partial charge in [-0.2, -0.15) is 0 Å². The molecule has 1 heterocycles. The van der Waals surface area contributed by atoms with E-state index in [1.54, 1.807) is 19.2 Å². The van der Waals surface area contributed by atoms with Gasteiger partial charge in [-0.15, -0.1) is 0 Å². The zero-order valence-corrected chi connectivity index (χ0v) is 17.3. The van der Waals surface area contributed by atoms with E-state index in [2.05, 4.69) is 5.32 Å². The van der Waals surface area contributed by atoms with E-state index in [-0.39, 0.29) is 11.4 Å². The number of carbonyl (C=O) groups excluding carboxylic acids is 3. The summed E-state index contributed by atoms with van der Waals surface area (Å²) in [5.41, 5.74) is 0.494. The third-order valence-electron chi connectivity index (χ3n) is 3.81. The van der Waals surface area contributed by atoms with Crippen LogP contribution in [-0.2, 0) is 14.3 Å². The zero-order chi connectivity index (χ0) is 20.7. The van der Waals surface area contributed by atoms with Gasteiger partial charge in [0.2, 0.25) is 5.91 Å². The fraction of sp³-hybridized carbons (Fsp3) is 0.389. The predicted octanol–water partition coefficient (Wildman–Crippen LogP) is 2.55. The second kappa shape index (κ2) is 10.4. The minimum Gasteiger partial charge on any atom is -0.493 e. The van der Waals surface area contributed by atoms with Gasteiger partial charge in [0.05, 0.1) is 24.1 Å². The molecule has 0 unspecified atom stereocenters. The van der Waals surface area contributed by atoms with E-state index >= 15 is 0 Å². The van der Waals surface area contributed by atoms with Crippen molar-refractivity contribution in [3.8, 4) is 11.5 Å². The van der Waals surface area contributed by atoms with E-state index in [0.717, 1.165) is 16.7 Å². The zero-order valence-electron chi connectivity index (χ0n) is 15.7. The van der Waals surface area contributed by atoms with Crippen LogP contribution in [0.4, 0.5) is 4.79 Å². The molecule has 1 aliphatic rings. The summed E-state index contributed by atoms with van der Waals surface area (Å²) < 4.78 is 15.3. The molecule has 0 radical (unpaired) electrons. The van der Waals surface area contributed by atoms with E-state index in [4.69, 9.17) is 25.8 Å². The summed E-state index contributed by atoms with van der Waals surface area (Å²) in [5.74, 6) is -0.0765. The van der Waals surface area contributed by atoms with Crippen LogP contribution >= 0.6 is 23.4 Å². The molecule has 3 amide bonds. The average molecular weight is 429 g/mol. The SMILES string of the molecule is COCCCNC(=O)CN1C(=O)S/C(=C\c2cc(OC)c(OC)cc2Cl)C1=O. The maximum Gasteiger partial charge on any atom is 0.294 e. The van der Waals surface area contributed by atoms with Crippen molar-refractivity contribution in [2.75, 3.05) is 41.0 Å². The first kappa shape index (κ1) is 22.1. The van der Waals surface area contributed by atoms with Crippen molar-refractivity contribution in [2.45, 2.75) is 6.42 Å². The first-order valence-electron chi connectivity index (χ1n) is 8.33. The lowest BCUT2D eigenvalue weighted by Crippen LogP contribution is -2.39. The molecule has 0 bridgehead atoms. The van der Waals surface area contributed by atoms with Crippen LogP contribution in [0, 0.1) is 0 Å². The Morgan fingerprint density at radius 2 is 1.89 bits per heavy atom. The Kier molecular flexibility index (Phi) is 8.16. The maximum atomic E-state index is 12.5. The summed E-state index contributed by atoms with van der Waals surface area (Å²) in [6, 6.07) is 3.17. The van der Waals surface area contributed by atoms with Gasteiger partial charge in [0, 0.05) is 26.3 Å². The number of hydrogen-bond donors (Lipinski definition) is 1. The molecule has 28 heavy (non-hydrogen) atoms. The molecule has 0 saturated carbocycles. The van der Waals surface area contributed by atoms with Crippen molar-refractivity contribution >= 4 is 46.5 Å². The average Bonchev–Trinajstić information content (AvgIpc) is 2.93. The summed E-state index contributed by atoms with van der Waals surface area (Å²) in [5, 5.41) is 2.46. The van der Waals surface area contributed by atoms with Gasteiger partial charge < -0.3 is 19.5 Å². The van der Waals surface area contributed by atoms with Crippen molar-refractivity contribution in [2.24, 2.45) is 0 Å². The first-order chi connectivity index (χ1) is 13.4. The Labute approximate surface area is 172 Å². The minimum absolute atomic E-state index is 0.173. The number of nitrogens with one attached hydrogen (secondary N) is 1. The molecule has 0 atom stereocenters. The first-order valence-corrected chi connectivity index (χ1v) is 9.53. The van der Waals surface area contributed by atoms with Crippen LogP contribution < -0.4 is 14.8 Å². The summed E-state index contributed by atoms with van der Waals surface area (Å²) in [4.78, 5) is 37.7. The van der Waals surface area contributed by atoms with Crippen molar-refractivity contribution in [1.82, 2.24) is 10.2 Å². The van der Waals surface area contributed by atoms with Crippen molar-refractivity contribution in [1.29, 1.82) is 0 Å². The van der Waals surface area contributed by atoms with Crippen LogP contribution in [-0.4, -0.2) is 63.0 Å². The molecule has 2 rings (SSSR count). The molecule has 152 valence electrons. The number of thioether (sulfide) groups is 1. The normalized spacial score (nSPS) is 15.3. The Morgan fingerprint density at radius 1 is 1.21 bits per heavy atom. The third kappa shape index (κ3) is 5.40. The van der Waals surface area contributed by atoms with E-state index in [1.807, 2.05) is 0 Å². The molecule has 1 aromatic carbocycles. The molecule has 1 aliphatic heterocycles. The van der Waals surface area contributed by atoms with E-state index in [0.29, 0.717) is 41.7 Å². The molecule has 8 nitrogen and oxygen atoms in total. The Balaban J connectivity index is 2.11. The van der Waals surface area contributed by atoms with Crippen molar-refractivity contribution in [3.05, 3.63) is 27.6 Å². The van der Waals surface area contributed by atoms with Gasteiger partial charge in [0.1, 0.15) is 6.54 Å². The minimum atomic E-state index is -0.548. The molecule has 10 heteroatoms. The molecule has 1 N–H and O–H groups in total. The summed E-state index contributed by atoms with van der Waals surface area (Å²) in [6.07, 6.45) is 2.13. The van der Waals surface area contributed by atoms with E-state index in [1.165, 1.54) is 20.3 Å². The molecule has 1 saturated heterocycles. The molecule has 0 spiro atoms. The molecular formula is C18H21ClN2O6S. The topological polar surface area (TPSA) is 94.2 Å². The highest BCUT2D eigenvalue weighted by Crippen LogP contribution is 2.37. The molecular weight excluding hydrogens is 408 g/mol. The number of hydrogen-bond acceptors (Lipinski definition) is 7. The maximum absolute atomic E-state index is 12.5.